The van der Waals surface area contributed by atoms with Crippen LogP contribution in [-0.2, 0) is 6.67 Å². The van der Waals surface area contributed by atoms with E-state index < -0.39 is 0 Å². The van der Waals surface area contributed by atoms with Crippen molar-refractivity contribution in [2.45, 2.75) is 6.67 Å². The number of nitrogens with zero attached hydrogens (tertiary/aromatic N) is 6. The summed E-state index contributed by atoms with van der Waals surface area (Å²) in [5.74, 6) is 2.97. The molecule has 1 aliphatic heterocycles. The number of benzene rings is 1. The first-order chi connectivity index (χ1) is 14.8. The molecule has 0 atom stereocenters. The summed E-state index contributed by atoms with van der Waals surface area (Å²) in [6, 6.07) is 12.0. The Labute approximate surface area is 183 Å². The number of aromatic nitrogens is 5. The fraction of sp³-hybridized carbons (Fsp3) is 0.238. The first-order valence-electron chi connectivity index (χ1n) is 9.80. The van der Waals surface area contributed by atoms with Crippen molar-refractivity contribution in [1.82, 2.24) is 29.3 Å². The Balaban J connectivity index is 1.54. The molecule has 1 aliphatic rings. The Morgan fingerprint density at radius 2 is 2.03 bits per heavy atom. The van der Waals surface area contributed by atoms with Crippen molar-refractivity contribution in [2.24, 2.45) is 5.10 Å². The van der Waals surface area contributed by atoms with Crippen LogP contribution in [0.4, 0.5) is 0 Å². The maximum Gasteiger partial charge on any atom is 0.220 e. The normalized spacial score (nSPS) is 15.3. The van der Waals surface area contributed by atoms with Crippen LogP contribution >= 0.6 is 24.0 Å². The van der Waals surface area contributed by atoms with E-state index in [4.69, 9.17) is 22.4 Å². The topological polar surface area (TPSA) is 67.0 Å². The van der Waals surface area contributed by atoms with Crippen LogP contribution in [0.2, 0.25) is 0 Å². The molecule has 0 bridgehead atoms. The lowest BCUT2D eigenvalue weighted by atomic mass is 10.2. The smallest absolute Gasteiger partial charge is 0.220 e. The zero-order chi connectivity index (χ0) is 20.3. The molecule has 0 spiro atoms. The minimum atomic E-state index is 0.572. The van der Waals surface area contributed by atoms with Gasteiger partial charge in [0, 0.05) is 65.2 Å². The predicted octanol–water partition coefficient (Wildman–Crippen LogP) is 3.85. The summed E-state index contributed by atoms with van der Waals surface area (Å²) < 4.78 is 4.16. The minimum Gasteiger partial charge on any atom is -0.361 e. The Hall–Kier alpha value is -2.75. The number of aromatic amines is 1. The molecular formula is C21H21N7S2. The van der Waals surface area contributed by atoms with Gasteiger partial charge in [-0.05, 0) is 30.4 Å². The zero-order valence-corrected chi connectivity index (χ0v) is 17.9. The average molecular weight is 436 g/mol. The SMILES string of the molecule is S=c1n(CN2CCSCC2)nc(-c2cccnc2)n1N=Cc1c[nH]c2ccccc12. The van der Waals surface area contributed by atoms with Gasteiger partial charge in [-0.2, -0.15) is 21.5 Å². The number of para-hydroxylation sites is 1. The molecule has 4 heterocycles. The van der Waals surface area contributed by atoms with Crippen LogP contribution in [0, 0.1) is 4.77 Å². The molecule has 30 heavy (non-hydrogen) atoms. The van der Waals surface area contributed by atoms with Gasteiger partial charge in [0.25, 0.3) is 0 Å². The number of hydrogen-bond donors (Lipinski definition) is 1. The van der Waals surface area contributed by atoms with Crippen LogP contribution in [0.15, 0.2) is 60.1 Å². The molecule has 1 N–H and O–H groups in total. The predicted molar refractivity (Wildman–Crippen MR) is 124 cm³/mol. The van der Waals surface area contributed by atoms with Crippen molar-refractivity contribution in [2.75, 3.05) is 24.6 Å². The van der Waals surface area contributed by atoms with E-state index in [-0.39, 0.29) is 0 Å². The third kappa shape index (κ3) is 3.83. The van der Waals surface area contributed by atoms with E-state index in [0.717, 1.165) is 46.6 Å². The van der Waals surface area contributed by atoms with Gasteiger partial charge < -0.3 is 4.98 Å². The summed E-state index contributed by atoms with van der Waals surface area (Å²) in [4.78, 5) is 9.89. The second-order valence-electron chi connectivity index (χ2n) is 7.07. The molecule has 0 aliphatic carbocycles. The molecule has 0 unspecified atom stereocenters. The molecular weight excluding hydrogens is 414 g/mol. The molecule has 1 aromatic carbocycles. The first kappa shape index (κ1) is 19.2. The van der Waals surface area contributed by atoms with Gasteiger partial charge >= 0.3 is 0 Å². The Morgan fingerprint density at radius 3 is 2.87 bits per heavy atom. The van der Waals surface area contributed by atoms with E-state index in [1.54, 1.807) is 17.1 Å². The van der Waals surface area contributed by atoms with Gasteiger partial charge in [-0.1, -0.05) is 18.2 Å². The highest BCUT2D eigenvalue weighted by molar-refractivity contribution is 7.99. The van der Waals surface area contributed by atoms with E-state index in [1.165, 1.54) is 0 Å². The molecule has 9 heteroatoms. The highest BCUT2D eigenvalue weighted by Crippen LogP contribution is 2.20. The van der Waals surface area contributed by atoms with E-state index in [9.17, 15) is 0 Å². The maximum atomic E-state index is 5.76. The highest BCUT2D eigenvalue weighted by Gasteiger charge is 2.16. The molecule has 3 aromatic heterocycles. The minimum absolute atomic E-state index is 0.572. The average Bonchev–Trinajstić information content (AvgIpc) is 3.35. The number of H-pyrrole nitrogens is 1. The Morgan fingerprint density at radius 1 is 1.17 bits per heavy atom. The van der Waals surface area contributed by atoms with Gasteiger partial charge in [0.1, 0.15) is 0 Å². The standard InChI is InChI=1S/C21H21N7S2/c29-21-27(15-26-8-10-30-11-9-26)25-20(16-4-3-7-22-12-16)28(21)24-14-17-13-23-19-6-2-1-5-18(17)19/h1-7,12-14,23H,8-11,15H2. The third-order valence-corrected chi connectivity index (χ3v) is 6.44. The summed E-state index contributed by atoms with van der Waals surface area (Å²) in [5.41, 5.74) is 2.96. The fourth-order valence-corrected chi connectivity index (χ4v) is 4.73. The van der Waals surface area contributed by atoms with E-state index in [0.29, 0.717) is 17.3 Å². The lowest BCUT2D eigenvalue weighted by Gasteiger charge is -2.25. The van der Waals surface area contributed by atoms with Crippen LogP contribution in [0.1, 0.15) is 5.56 Å². The number of thioether (sulfide) groups is 1. The van der Waals surface area contributed by atoms with E-state index in [1.807, 2.05) is 59.2 Å². The molecule has 0 radical (unpaired) electrons. The van der Waals surface area contributed by atoms with Crippen molar-refractivity contribution in [3.8, 4) is 11.4 Å². The zero-order valence-electron chi connectivity index (χ0n) is 16.3. The molecule has 5 rings (SSSR count). The Kier molecular flexibility index (Phi) is 5.48. The van der Waals surface area contributed by atoms with Crippen LogP contribution in [-0.4, -0.2) is 60.1 Å². The maximum absolute atomic E-state index is 5.76. The van der Waals surface area contributed by atoms with Crippen molar-refractivity contribution in [3.05, 3.63) is 65.3 Å². The fourth-order valence-electron chi connectivity index (χ4n) is 3.52. The molecule has 0 amide bonds. The molecule has 1 saturated heterocycles. The summed E-state index contributed by atoms with van der Waals surface area (Å²) in [7, 11) is 0. The number of fused-ring (bicyclic) bond motifs is 1. The van der Waals surface area contributed by atoms with Crippen molar-refractivity contribution >= 4 is 41.1 Å². The van der Waals surface area contributed by atoms with Gasteiger partial charge in [0.05, 0.1) is 12.9 Å². The second-order valence-corrected chi connectivity index (χ2v) is 8.66. The molecule has 0 saturated carbocycles. The van der Waals surface area contributed by atoms with E-state index in [2.05, 4.69) is 20.9 Å². The number of pyridine rings is 1. The first-order valence-corrected chi connectivity index (χ1v) is 11.4. The van der Waals surface area contributed by atoms with Crippen molar-refractivity contribution in [1.29, 1.82) is 0 Å². The number of hydrogen-bond acceptors (Lipinski definition) is 6. The summed E-state index contributed by atoms with van der Waals surface area (Å²) in [5, 5.41) is 10.6. The number of rotatable bonds is 5. The third-order valence-electron chi connectivity index (χ3n) is 5.11. The monoisotopic (exact) mass is 435 g/mol. The lowest BCUT2D eigenvalue weighted by molar-refractivity contribution is 0.226. The van der Waals surface area contributed by atoms with Gasteiger partial charge in [0.2, 0.25) is 4.77 Å². The van der Waals surface area contributed by atoms with Gasteiger partial charge in [-0.3, -0.25) is 9.88 Å². The van der Waals surface area contributed by atoms with Crippen LogP contribution in [0.25, 0.3) is 22.3 Å². The van der Waals surface area contributed by atoms with Gasteiger partial charge in [-0.25, -0.2) is 4.68 Å². The summed E-state index contributed by atoms with van der Waals surface area (Å²) in [6.45, 7) is 2.75. The molecule has 4 aromatic rings. The van der Waals surface area contributed by atoms with Gasteiger partial charge in [0.15, 0.2) is 5.82 Å². The van der Waals surface area contributed by atoms with Crippen LogP contribution in [0.3, 0.4) is 0 Å². The van der Waals surface area contributed by atoms with Gasteiger partial charge in [-0.15, -0.1) is 5.10 Å². The molecule has 1 fully saturated rings. The quantitative estimate of drug-likeness (QED) is 0.381. The molecule has 152 valence electrons. The summed E-state index contributed by atoms with van der Waals surface area (Å²) >= 11 is 7.75. The largest absolute Gasteiger partial charge is 0.361 e. The van der Waals surface area contributed by atoms with Crippen LogP contribution < -0.4 is 0 Å². The second kappa shape index (κ2) is 8.55. The van der Waals surface area contributed by atoms with Crippen molar-refractivity contribution < 1.29 is 0 Å². The molecule has 7 nitrogen and oxygen atoms in total. The van der Waals surface area contributed by atoms with Crippen molar-refractivity contribution in [3.63, 3.8) is 0 Å². The highest BCUT2D eigenvalue weighted by atomic mass is 32.2. The lowest BCUT2D eigenvalue weighted by Crippen LogP contribution is -2.34. The number of nitrogens with one attached hydrogen (secondary N) is 1. The van der Waals surface area contributed by atoms with E-state index >= 15 is 0 Å². The Bertz CT molecular complexity index is 1230. The summed E-state index contributed by atoms with van der Waals surface area (Å²) in [6.07, 6.45) is 7.33. The van der Waals surface area contributed by atoms with Crippen LogP contribution in [0.5, 0.6) is 0 Å².